The molecule has 1 aliphatic heterocycles. The van der Waals surface area contributed by atoms with Crippen LogP contribution in [0.1, 0.15) is 51.9 Å². The number of ether oxygens (including phenoxy) is 1. The van der Waals surface area contributed by atoms with E-state index in [1.165, 1.54) is 0 Å². The fraction of sp³-hybridized carbons (Fsp3) is 0.733. The van der Waals surface area contributed by atoms with Gasteiger partial charge in [-0.2, -0.15) is 5.10 Å². The maximum atomic E-state index is 12.6. The van der Waals surface area contributed by atoms with Crippen LogP contribution in [0.2, 0.25) is 0 Å². The Morgan fingerprint density at radius 1 is 1.45 bits per heavy atom. The monoisotopic (exact) mass is 279 g/mol. The van der Waals surface area contributed by atoms with E-state index in [9.17, 15) is 4.79 Å². The Morgan fingerprint density at radius 2 is 2.10 bits per heavy atom. The van der Waals surface area contributed by atoms with Crippen molar-refractivity contribution in [2.75, 3.05) is 13.1 Å². The highest BCUT2D eigenvalue weighted by Gasteiger charge is 2.34. The quantitative estimate of drug-likeness (QED) is 0.792. The van der Waals surface area contributed by atoms with Gasteiger partial charge in [-0.3, -0.25) is 9.48 Å². The number of rotatable bonds is 1. The molecule has 0 spiro atoms. The van der Waals surface area contributed by atoms with E-state index in [1.54, 1.807) is 6.20 Å². The maximum absolute atomic E-state index is 12.6. The Labute approximate surface area is 120 Å². The Morgan fingerprint density at radius 3 is 2.60 bits per heavy atom. The molecule has 0 N–H and O–H groups in total. The van der Waals surface area contributed by atoms with Crippen LogP contribution in [-0.4, -0.2) is 45.4 Å². The minimum absolute atomic E-state index is 0.0312. The molecule has 0 radical (unpaired) electrons. The van der Waals surface area contributed by atoms with Crippen molar-refractivity contribution < 1.29 is 9.53 Å². The first kappa shape index (κ1) is 15.0. The molecule has 1 aliphatic rings. The summed E-state index contributed by atoms with van der Waals surface area (Å²) < 4.78 is 7.66. The lowest BCUT2D eigenvalue weighted by Crippen LogP contribution is -2.53. The van der Waals surface area contributed by atoms with Gasteiger partial charge in [0, 0.05) is 19.3 Å². The van der Waals surface area contributed by atoms with Crippen molar-refractivity contribution >= 4 is 5.91 Å². The van der Waals surface area contributed by atoms with Crippen LogP contribution in [-0.2, 0) is 10.3 Å². The van der Waals surface area contributed by atoms with Gasteiger partial charge in [0.05, 0.1) is 29.0 Å². The van der Waals surface area contributed by atoms with Gasteiger partial charge < -0.3 is 9.64 Å². The molecule has 1 fully saturated rings. The number of carbonyl (C=O) groups excluding carboxylic acids is 1. The van der Waals surface area contributed by atoms with Crippen LogP contribution in [0, 0.1) is 0 Å². The van der Waals surface area contributed by atoms with Gasteiger partial charge in [-0.15, -0.1) is 0 Å². The zero-order chi connectivity index (χ0) is 15.1. The largest absolute Gasteiger partial charge is 0.369 e. The van der Waals surface area contributed by atoms with Crippen LogP contribution in [0.4, 0.5) is 0 Å². The third-order valence-corrected chi connectivity index (χ3v) is 3.37. The molecule has 112 valence electrons. The highest BCUT2D eigenvalue weighted by atomic mass is 16.5. The first-order chi connectivity index (χ1) is 9.08. The number of carbonyl (C=O) groups is 1. The number of morpholine rings is 1. The normalized spacial score (nSPS) is 22.9. The fourth-order valence-electron chi connectivity index (χ4n) is 2.59. The van der Waals surface area contributed by atoms with E-state index in [2.05, 4.69) is 25.9 Å². The molecule has 1 saturated heterocycles. The molecule has 0 aromatic carbocycles. The first-order valence-electron chi connectivity index (χ1n) is 7.11. The molecule has 1 unspecified atom stereocenters. The minimum atomic E-state index is -0.298. The van der Waals surface area contributed by atoms with Crippen LogP contribution in [0.5, 0.6) is 0 Å². The zero-order valence-electron chi connectivity index (χ0n) is 13.3. The molecule has 1 atom stereocenters. The van der Waals surface area contributed by atoms with E-state index >= 15 is 0 Å². The zero-order valence-corrected chi connectivity index (χ0v) is 13.3. The predicted molar refractivity (Wildman–Crippen MR) is 77.8 cm³/mol. The van der Waals surface area contributed by atoms with Gasteiger partial charge >= 0.3 is 0 Å². The Kier molecular flexibility index (Phi) is 3.67. The lowest BCUT2D eigenvalue weighted by atomic mass is 10.0. The third kappa shape index (κ3) is 3.20. The summed E-state index contributed by atoms with van der Waals surface area (Å²) in [7, 11) is 0. The molecule has 5 nitrogen and oxygen atoms in total. The average molecular weight is 279 g/mol. The topological polar surface area (TPSA) is 47.4 Å². The lowest BCUT2D eigenvalue weighted by molar-refractivity contribution is -0.118. The van der Waals surface area contributed by atoms with Crippen molar-refractivity contribution in [2.24, 2.45) is 0 Å². The molecule has 2 rings (SSSR count). The lowest BCUT2D eigenvalue weighted by Gasteiger charge is -2.41. The van der Waals surface area contributed by atoms with Crippen LogP contribution in [0.15, 0.2) is 12.4 Å². The van der Waals surface area contributed by atoms with E-state index in [0.717, 1.165) is 0 Å². The second-order valence-corrected chi connectivity index (χ2v) is 7.22. The van der Waals surface area contributed by atoms with Crippen molar-refractivity contribution in [2.45, 2.75) is 58.8 Å². The number of hydrogen-bond donors (Lipinski definition) is 0. The summed E-state index contributed by atoms with van der Waals surface area (Å²) >= 11 is 0. The second-order valence-electron chi connectivity index (χ2n) is 7.22. The van der Waals surface area contributed by atoms with Gasteiger partial charge in [0.1, 0.15) is 0 Å². The van der Waals surface area contributed by atoms with E-state index in [1.807, 2.05) is 36.5 Å². The van der Waals surface area contributed by atoms with Crippen LogP contribution in [0.3, 0.4) is 0 Å². The van der Waals surface area contributed by atoms with E-state index in [-0.39, 0.29) is 23.2 Å². The summed E-state index contributed by atoms with van der Waals surface area (Å²) in [4.78, 5) is 14.4. The standard InChI is InChI=1S/C15H25N3O2/c1-11-8-17(10-15(5,6)20-11)13(19)12-7-16-18(9-12)14(2,3)4/h7,9,11H,8,10H2,1-6H3. The van der Waals surface area contributed by atoms with Crippen LogP contribution in [0.25, 0.3) is 0 Å². The third-order valence-electron chi connectivity index (χ3n) is 3.37. The van der Waals surface area contributed by atoms with Gasteiger partial charge in [-0.05, 0) is 41.5 Å². The van der Waals surface area contributed by atoms with E-state index in [4.69, 9.17) is 4.74 Å². The van der Waals surface area contributed by atoms with Crippen LogP contribution < -0.4 is 0 Å². The summed E-state index contributed by atoms with van der Waals surface area (Å²) in [6, 6.07) is 0. The van der Waals surface area contributed by atoms with Crippen molar-refractivity contribution in [3.8, 4) is 0 Å². The molecule has 20 heavy (non-hydrogen) atoms. The van der Waals surface area contributed by atoms with Gasteiger partial charge in [-0.1, -0.05) is 0 Å². The number of nitrogens with zero attached hydrogens (tertiary/aromatic N) is 3. The van der Waals surface area contributed by atoms with Gasteiger partial charge in [0.2, 0.25) is 0 Å². The van der Waals surface area contributed by atoms with Crippen molar-refractivity contribution in [3.05, 3.63) is 18.0 Å². The number of hydrogen-bond acceptors (Lipinski definition) is 3. The molecule has 1 amide bonds. The molecular weight excluding hydrogens is 254 g/mol. The maximum Gasteiger partial charge on any atom is 0.257 e. The van der Waals surface area contributed by atoms with E-state index in [0.29, 0.717) is 18.7 Å². The Balaban J connectivity index is 2.17. The van der Waals surface area contributed by atoms with Crippen molar-refractivity contribution in [1.82, 2.24) is 14.7 Å². The second kappa shape index (κ2) is 4.88. The summed E-state index contributed by atoms with van der Waals surface area (Å²) in [5, 5.41) is 4.30. The smallest absolute Gasteiger partial charge is 0.257 e. The molecule has 2 heterocycles. The average Bonchev–Trinajstić information content (AvgIpc) is 2.73. The highest BCUT2D eigenvalue weighted by molar-refractivity contribution is 5.93. The number of aromatic nitrogens is 2. The van der Waals surface area contributed by atoms with E-state index < -0.39 is 0 Å². The first-order valence-corrected chi connectivity index (χ1v) is 7.11. The molecule has 0 aliphatic carbocycles. The molecule has 0 saturated carbocycles. The minimum Gasteiger partial charge on any atom is -0.369 e. The molecule has 1 aromatic heterocycles. The summed E-state index contributed by atoms with van der Waals surface area (Å²) in [5.74, 6) is 0.0312. The Hall–Kier alpha value is -1.36. The molecule has 0 bridgehead atoms. The van der Waals surface area contributed by atoms with Crippen molar-refractivity contribution in [1.29, 1.82) is 0 Å². The SMILES string of the molecule is CC1CN(C(=O)c2cnn(C(C)(C)C)c2)CC(C)(C)O1. The summed E-state index contributed by atoms with van der Waals surface area (Å²) in [6.45, 7) is 13.5. The van der Waals surface area contributed by atoms with Crippen molar-refractivity contribution in [3.63, 3.8) is 0 Å². The summed E-state index contributed by atoms with van der Waals surface area (Å²) in [6.07, 6.45) is 3.54. The molecule has 5 heteroatoms. The number of amides is 1. The molecular formula is C15H25N3O2. The summed E-state index contributed by atoms with van der Waals surface area (Å²) in [5.41, 5.74) is 0.230. The van der Waals surface area contributed by atoms with Gasteiger partial charge in [0.25, 0.3) is 5.91 Å². The highest BCUT2D eigenvalue weighted by Crippen LogP contribution is 2.22. The van der Waals surface area contributed by atoms with Gasteiger partial charge in [-0.25, -0.2) is 0 Å². The van der Waals surface area contributed by atoms with Gasteiger partial charge in [0.15, 0.2) is 0 Å². The van der Waals surface area contributed by atoms with Crippen LogP contribution >= 0.6 is 0 Å². The fourth-order valence-corrected chi connectivity index (χ4v) is 2.59. The Bertz CT molecular complexity index is 499. The predicted octanol–water partition coefficient (Wildman–Crippen LogP) is 2.28. The molecule has 1 aromatic rings.